The van der Waals surface area contributed by atoms with Crippen molar-refractivity contribution in [1.29, 1.82) is 0 Å². The van der Waals surface area contributed by atoms with E-state index in [4.69, 9.17) is 4.74 Å². The Morgan fingerprint density at radius 1 is 1.43 bits per heavy atom. The number of benzene rings is 1. The minimum atomic E-state index is -0.248. The fraction of sp³-hybridized carbons (Fsp3) is 0.357. The molecule has 2 aromatic rings. The molecular weight excluding hydrogens is 354 g/mol. The van der Waals surface area contributed by atoms with Crippen molar-refractivity contribution in [1.82, 2.24) is 4.90 Å². The van der Waals surface area contributed by atoms with Crippen LogP contribution in [0.4, 0.5) is 5.13 Å². The number of hydrogen-bond acceptors (Lipinski definition) is 4. The number of esters is 1. The van der Waals surface area contributed by atoms with E-state index in [0.717, 1.165) is 15.3 Å². The van der Waals surface area contributed by atoms with Crippen LogP contribution in [-0.2, 0) is 16.1 Å². The van der Waals surface area contributed by atoms with E-state index in [-0.39, 0.29) is 29.5 Å². The zero-order chi connectivity index (χ0) is 14.5. The summed E-state index contributed by atoms with van der Waals surface area (Å²) < 4.78 is 8.01. The van der Waals surface area contributed by atoms with Crippen molar-refractivity contribution in [2.24, 2.45) is 4.99 Å². The number of carbonyl (C=O) groups is 1. The molecule has 114 valence electrons. The molecule has 0 aliphatic heterocycles. The third-order valence-electron chi connectivity index (χ3n) is 2.58. The number of ether oxygens (including phenoxy) is 1. The molecule has 2 rings (SSSR count). The van der Waals surface area contributed by atoms with Crippen LogP contribution >= 0.6 is 11.3 Å². The molecule has 0 unspecified atom stereocenters. The summed E-state index contributed by atoms with van der Waals surface area (Å²) in [4.78, 5) is 18.0. The molecule has 1 aromatic carbocycles. The summed E-state index contributed by atoms with van der Waals surface area (Å²) in [6.45, 7) is 2.37. The molecule has 0 bridgehead atoms. The van der Waals surface area contributed by atoms with Crippen LogP contribution in [0.5, 0.6) is 0 Å². The minimum Gasteiger partial charge on any atom is -1.00 e. The molecule has 0 fully saturated rings. The lowest BCUT2D eigenvalue weighted by Crippen LogP contribution is -3.00. The molecule has 0 amide bonds. The van der Waals surface area contributed by atoms with Gasteiger partial charge in [-0.1, -0.05) is 12.1 Å². The second kappa shape index (κ2) is 8.09. The monoisotopic (exact) mass is 371 g/mol. The van der Waals surface area contributed by atoms with Gasteiger partial charge in [-0.25, -0.2) is 9.36 Å². The van der Waals surface area contributed by atoms with Crippen molar-refractivity contribution in [3.63, 3.8) is 0 Å². The number of para-hydroxylation sites is 1. The number of rotatable bonds is 5. The predicted molar refractivity (Wildman–Crippen MR) is 80.5 cm³/mol. The van der Waals surface area contributed by atoms with Crippen LogP contribution < -0.4 is 21.5 Å². The second-order valence-corrected chi connectivity index (χ2v) is 5.46. The molecule has 0 radical (unpaired) electrons. The smallest absolute Gasteiger partial charge is 0.385 e. The zero-order valence-corrected chi connectivity index (χ0v) is 14.6. The summed E-state index contributed by atoms with van der Waals surface area (Å²) in [7, 11) is 3.82. The van der Waals surface area contributed by atoms with E-state index in [1.807, 2.05) is 47.8 Å². The first-order chi connectivity index (χ1) is 9.61. The van der Waals surface area contributed by atoms with Gasteiger partial charge in [0, 0.05) is 14.1 Å². The first kappa shape index (κ1) is 17.6. The van der Waals surface area contributed by atoms with Gasteiger partial charge in [0.25, 0.3) is 0 Å². The molecule has 1 aromatic heterocycles. The Labute approximate surface area is 138 Å². The van der Waals surface area contributed by atoms with Gasteiger partial charge >= 0.3 is 11.1 Å². The van der Waals surface area contributed by atoms with Gasteiger partial charge in [-0.2, -0.15) is 0 Å². The molecule has 7 heteroatoms. The Kier molecular flexibility index (Phi) is 6.77. The first-order valence-corrected chi connectivity index (χ1v) is 7.21. The topological polar surface area (TPSA) is 45.8 Å². The lowest BCUT2D eigenvalue weighted by atomic mass is 10.3. The Balaban J connectivity index is 0.00000220. The Hall–Kier alpha value is -1.47. The van der Waals surface area contributed by atoms with E-state index in [1.54, 1.807) is 24.6 Å². The molecule has 1 heterocycles. The van der Waals surface area contributed by atoms with Crippen LogP contribution in [0.25, 0.3) is 10.2 Å². The van der Waals surface area contributed by atoms with Crippen molar-refractivity contribution in [3.05, 3.63) is 24.3 Å². The lowest BCUT2D eigenvalue weighted by molar-refractivity contribution is -0.643. The summed E-state index contributed by atoms with van der Waals surface area (Å²) in [5.41, 5.74) is 0.997. The lowest BCUT2D eigenvalue weighted by Gasteiger charge is -2.01. The van der Waals surface area contributed by atoms with Gasteiger partial charge in [-0.15, -0.1) is 0 Å². The number of halogens is 1. The quantitative estimate of drug-likeness (QED) is 0.292. The average Bonchev–Trinajstić information content (AvgIpc) is 2.75. The number of hydrogen-bond donors (Lipinski definition) is 0. The van der Waals surface area contributed by atoms with Gasteiger partial charge in [0.2, 0.25) is 6.34 Å². The number of fused-ring (bicyclic) bond motifs is 1. The number of carbonyl (C=O) groups excluding carboxylic acids is 1. The van der Waals surface area contributed by atoms with Gasteiger partial charge in [0.05, 0.1) is 11.3 Å². The highest BCUT2D eigenvalue weighted by Gasteiger charge is 2.21. The van der Waals surface area contributed by atoms with Crippen molar-refractivity contribution in [2.75, 3.05) is 20.7 Å². The maximum absolute atomic E-state index is 11.7. The number of nitrogens with zero attached hydrogens (tertiary/aromatic N) is 3. The van der Waals surface area contributed by atoms with Crippen LogP contribution in [-0.4, -0.2) is 37.9 Å². The summed E-state index contributed by atoms with van der Waals surface area (Å²) in [6, 6.07) is 7.94. The normalized spacial score (nSPS) is 10.6. The minimum absolute atomic E-state index is 0. The molecule has 0 saturated heterocycles. The highest BCUT2D eigenvalue weighted by molar-refractivity contribution is 7.21. The van der Waals surface area contributed by atoms with E-state index in [1.165, 1.54) is 0 Å². The number of thiazole rings is 1. The Morgan fingerprint density at radius 2 is 2.14 bits per heavy atom. The largest absolute Gasteiger partial charge is 1.00 e. The fourth-order valence-corrected chi connectivity index (χ4v) is 2.77. The van der Waals surface area contributed by atoms with Crippen molar-refractivity contribution in [3.8, 4) is 0 Å². The third kappa shape index (κ3) is 4.50. The molecule has 0 aliphatic rings. The van der Waals surface area contributed by atoms with E-state index < -0.39 is 0 Å². The summed E-state index contributed by atoms with van der Waals surface area (Å²) in [5.74, 6) is -0.248. The molecule has 0 spiro atoms. The van der Waals surface area contributed by atoms with Crippen LogP contribution in [0.15, 0.2) is 29.3 Å². The number of aliphatic imine (C=N–C) groups is 1. The van der Waals surface area contributed by atoms with Gasteiger partial charge in [0.15, 0.2) is 6.54 Å². The highest BCUT2D eigenvalue weighted by atomic mass is 79.9. The highest BCUT2D eigenvalue weighted by Crippen LogP contribution is 2.25. The molecular formula is C14H18BrN3O2S. The molecule has 0 aliphatic carbocycles. The van der Waals surface area contributed by atoms with Gasteiger partial charge < -0.3 is 26.6 Å². The maximum Gasteiger partial charge on any atom is 0.385 e. The predicted octanol–water partition coefficient (Wildman–Crippen LogP) is -1.02. The zero-order valence-electron chi connectivity index (χ0n) is 12.2. The van der Waals surface area contributed by atoms with E-state index in [0.29, 0.717) is 6.61 Å². The SMILES string of the molecule is CCOC(=O)C[n+]1c(/N=C/N(C)C)sc2ccccc21.[Br-]. The Bertz CT molecular complexity index is 640. The second-order valence-electron chi connectivity index (χ2n) is 4.45. The van der Waals surface area contributed by atoms with Gasteiger partial charge in [-0.05, 0) is 35.4 Å². The fourth-order valence-electron chi connectivity index (χ4n) is 1.77. The molecule has 0 saturated carbocycles. The van der Waals surface area contributed by atoms with Gasteiger partial charge in [-0.3, -0.25) is 0 Å². The average molecular weight is 372 g/mol. The molecule has 21 heavy (non-hydrogen) atoms. The van der Waals surface area contributed by atoms with Crippen molar-refractivity contribution < 1.29 is 31.1 Å². The van der Waals surface area contributed by atoms with Crippen LogP contribution in [0, 0.1) is 0 Å². The summed E-state index contributed by atoms with van der Waals surface area (Å²) in [6.07, 6.45) is 1.73. The van der Waals surface area contributed by atoms with Crippen molar-refractivity contribution in [2.45, 2.75) is 13.5 Å². The van der Waals surface area contributed by atoms with E-state index in [9.17, 15) is 4.79 Å². The standard InChI is InChI=1S/C14H18N3O2S.BrH/c1-4-19-13(18)9-17-11-7-5-6-8-12(11)20-14(17)15-10-16(2)3;/h5-8,10H,4,9H2,1-3H3;1H/q+1;/p-1. The number of aromatic nitrogens is 1. The maximum atomic E-state index is 11.7. The van der Waals surface area contributed by atoms with Crippen LogP contribution in [0.2, 0.25) is 0 Å². The first-order valence-electron chi connectivity index (χ1n) is 6.39. The molecule has 5 nitrogen and oxygen atoms in total. The van der Waals surface area contributed by atoms with E-state index in [2.05, 4.69) is 4.99 Å². The van der Waals surface area contributed by atoms with Gasteiger partial charge in [0.1, 0.15) is 5.52 Å². The molecule has 0 N–H and O–H groups in total. The van der Waals surface area contributed by atoms with Crippen molar-refractivity contribution >= 4 is 39.0 Å². The van der Waals surface area contributed by atoms with E-state index >= 15 is 0 Å². The summed E-state index contributed by atoms with van der Waals surface area (Å²) in [5, 5.41) is 0.785. The van der Waals surface area contributed by atoms with Crippen LogP contribution in [0.1, 0.15) is 6.92 Å². The molecule has 0 atom stereocenters. The third-order valence-corrected chi connectivity index (χ3v) is 3.65. The van der Waals surface area contributed by atoms with Crippen LogP contribution in [0.3, 0.4) is 0 Å². The summed E-state index contributed by atoms with van der Waals surface area (Å²) >= 11 is 1.56. The Morgan fingerprint density at radius 3 is 2.81 bits per heavy atom.